The smallest absolute Gasteiger partial charge is 0.146 e. The summed E-state index contributed by atoms with van der Waals surface area (Å²) < 4.78 is 0. The van der Waals surface area contributed by atoms with Gasteiger partial charge in [-0.1, -0.05) is 52.8 Å². The highest BCUT2D eigenvalue weighted by Crippen LogP contribution is 2.38. The van der Waals surface area contributed by atoms with Crippen LogP contribution in [0.25, 0.3) is 16.7 Å². The van der Waals surface area contributed by atoms with Crippen LogP contribution in [0, 0.1) is 0 Å². The predicted molar refractivity (Wildman–Crippen MR) is 103 cm³/mol. The first kappa shape index (κ1) is 17.5. The molecule has 25 heavy (non-hydrogen) atoms. The van der Waals surface area contributed by atoms with Gasteiger partial charge in [-0.3, -0.25) is 0 Å². The summed E-state index contributed by atoms with van der Waals surface area (Å²) in [6.45, 7) is 10.9. The standard InChI is InChI=1S/C21H27N3O/c1-6-14(3)16-12-15(21(4,5)7-2)13-19(20(16)25)24-22-17-10-8-9-11-18(17)23-24/h8-14,25H,6-7H2,1-5H3. The average molecular weight is 337 g/mol. The van der Waals surface area contributed by atoms with Crippen molar-refractivity contribution in [2.75, 3.05) is 0 Å². The summed E-state index contributed by atoms with van der Waals surface area (Å²) in [7, 11) is 0. The highest BCUT2D eigenvalue weighted by molar-refractivity contribution is 5.73. The molecule has 0 saturated carbocycles. The van der Waals surface area contributed by atoms with E-state index in [-0.39, 0.29) is 17.1 Å². The molecule has 0 aliphatic heterocycles. The van der Waals surface area contributed by atoms with Crippen molar-refractivity contribution < 1.29 is 5.11 Å². The quantitative estimate of drug-likeness (QED) is 0.685. The van der Waals surface area contributed by atoms with Gasteiger partial charge in [0.25, 0.3) is 0 Å². The molecule has 0 saturated heterocycles. The molecule has 132 valence electrons. The van der Waals surface area contributed by atoms with Crippen molar-refractivity contribution in [3.8, 4) is 11.4 Å². The van der Waals surface area contributed by atoms with Crippen LogP contribution >= 0.6 is 0 Å². The number of hydrogen-bond acceptors (Lipinski definition) is 3. The summed E-state index contributed by atoms with van der Waals surface area (Å²) in [5, 5.41) is 20.1. The molecule has 0 spiro atoms. The van der Waals surface area contributed by atoms with Crippen molar-refractivity contribution in [2.24, 2.45) is 0 Å². The van der Waals surface area contributed by atoms with Gasteiger partial charge < -0.3 is 5.11 Å². The topological polar surface area (TPSA) is 50.9 Å². The van der Waals surface area contributed by atoms with E-state index in [9.17, 15) is 5.11 Å². The van der Waals surface area contributed by atoms with Crippen LogP contribution < -0.4 is 0 Å². The van der Waals surface area contributed by atoms with E-state index in [2.05, 4.69) is 50.9 Å². The number of fused-ring (bicyclic) bond motifs is 1. The molecule has 1 atom stereocenters. The van der Waals surface area contributed by atoms with Gasteiger partial charge in [0.05, 0.1) is 0 Å². The highest BCUT2D eigenvalue weighted by Gasteiger charge is 2.24. The van der Waals surface area contributed by atoms with Crippen LogP contribution in [0.2, 0.25) is 0 Å². The molecule has 4 nitrogen and oxygen atoms in total. The number of aromatic hydroxyl groups is 1. The molecule has 1 heterocycles. The highest BCUT2D eigenvalue weighted by atomic mass is 16.3. The molecule has 0 bridgehead atoms. The summed E-state index contributed by atoms with van der Waals surface area (Å²) in [5.41, 5.74) is 4.51. The maximum atomic E-state index is 10.9. The van der Waals surface area contributed by atoms with Gasteiger partial charge >= 0.3 is 0 Å². The number of phenolic OH excluding ortho intramolecular Hbond substituents is 1. The van der Waals surface area contributed by atoms with Gasteiger partial charge in [-0.25, -0.2) is 0 Å². The van der Waals surface area contributed by atoms with E-state index < -0.39 is 0 Å². The van der Waals surface area contributed by atoms with E-state index in [0.717, 1.165) is 29.4 Å². The average Bonchev–Trinajstić information content (AvgIpc) is 3.04. The van der Waals surface area contributed by atoms with Crippen molar-refractivity contribution in [3.05, 3.63) is 47.5 Å². The van der Waals surface area contributed by atoms with Crippen LogP contribution in [0.1, 0.15) is 64.5 Å². The molecule has 0 fully saturated rings. The van der Waals surface area contributed by atoms with E-state index >= 15 is 0 Å². The van der Waals surface area contributed by atoms with Crippen LogP contribution in [0.15, 0.2) is 36.4 Å². The molecule has 1 aromatic heterocycles. The summed E-state index contributed by atoms with van der Waals surface area (Å²) in [4.78, 5) is 1.57. The number of rotatable bonds is 5. The molecular weight excluding hydrogens is 310 g/mol. The minimum absolute atomic E-state index is 0.0250. The number of nitrogens with zero attached hydrogens (tertiary/aromatic N) is 3. The van der Waals surface area contributed by atoms with Crippen LogP contribution in [0.3, 0.4) is 0 Å². The molecule has 1 N–H and O–H groups in total. The van der Waals surface area contributed by atoms with E-state index in [1.165, 1.54) is 5.56 Å². The van der Waals surface area contributed by atoms with Gasteiger partial charge in [0.1, 0.15) is 22.5 Å². The number of hydrogen-bond donors (Lipinski definition) is 1. The molecule has 1 unspecified atom stereocenters. The fourth-order valence-electron chi connectivity index (χ4n) is 2.95. The van der Waals surface area contributed by atoms with E-state index in [4.69, 9.17) is 0 Å². The zero-order valence-corrected chi connectivity index (χ0v) is 15.7. The fourth-order valence-corrected chi connectivity index (χ4v) is 2.95. The third kappa shape index (κ3) is 3.13. The summed E-state index contributed by atoms with van der Waals surface area (Å²) in [6, 6.07) is 11.9. The zero-order chi connectivity index (χ0) is 18.2. The van der Waals surface area contributed by atoms with Gasteiger partial charge in [-0.15, -0.1) is 15.0 Å². The van der Waals surface area contributed by atoms with Gasteiger partial charge in [0, 0.05) is 0 Å². The van der Waals surface area contributed by atoms with Crippen molar-refractivity contribution in [1.82, 2.24) is 15.0 Å². The first-order chi connectivity index (χ1) is 11.9. The van der Waals surface area contributed by atoms with Crippen LogP contribution in [-0.4, -0.2) is 20.1 Å². The van der Waals surface area contributed by atoms with E-state index in [0.29, 0.717) is 5.69 Å². The van der Waals surface area contributed by atoms with Crippen LogP contribution in [0.5, 0.6) is 5.75 Å². The normalized spacial score (nSPS) is 13.3. The second-order valence-electron chi connectivity index (χ2n) is 7.46. The Labute approximate surface area is 149 Å². The van der Waals surface area contributed by atoms with Crippen LogP contribution in [0.4, 0.5) is 0 Å². The first-order valence-electron chi connectivity index (χ1n) is 9.07. The van der Waals surface area contributed by atoms with Gasteiger partial charge in [0.2, 0.25) is 0 Å². The maximum absolute atomic E-state index is 10.9. The summed E-state index contributed by atoms with van der Waals surface area (Å²) in [6.07, 6.45) is 1.99. The minimum Gasteiger partial charge on any atom is -0.505 e. The Kier molecular flexibility index (Phi) is 4.55. The molecule has 2 aromatic carbocycles. The number of benzene rings is 2. The Hall–Kier alpha value is -2.36. The third-order valence-corrected chi connectivity index (χ3v) is 5.43. The SMILES string of the molecule is CCC(C)c1cc(C(C)(C)CC)cc(-n2nc3ccccc3n2)c1O. The minimum atomic E-state index is 0.0250. The van der Waals surface area contributed by atoms with Crippen LogP contribution in [-0.2, 0) is 5.41 Å². The monoisotopic (exact) mass is 337 g/mol. The zero-order valence-electron chi connectivity index (χ0n) is 15.7. The number of phenols is 1. The van der Waals surface area contributed by atoms with Crippen molar-refractivity contribution >= 4 is 11.0 Å². The molecule has 0 aliphatic carbocycles. The molecule has 4 heteroatoms. The van der Waals surface area contributed by atoms with Crippen molar-refractivity contribution in [2.45, 2.75) is 58.8 Å². The molecule has 0 amide bonds. The summed E-state index contributed by atoms with van der Waals surface area (Å²) in [5.74, 6) is 0.557. The summed E-state index contributed by atoms with van der Waals surface area (Å²) >= 11 is 0. The lowest BCUT2D eigenvalue weighted by Gasteiger charge is -2.26. The molecule has 3 rings (SSSR count). The Morgan fingerprint density at radius 1 is 1.08 bits per heavy atom. The molecule has 0 radical (unpaired) electrons. The predicted octanol–water partition coefficient (Wildman–Crippen LogP) is 5.33. The largest absolute Gasteiger partial charge is 0.505 e. The third-order valence-electron chi connectivity index (χ3n) is 5.43. The van der Waals surface area contributed by atoms with Gasteiger partial charge in [-0.05, 0) is 53.5 Å². The van der Waals surface area contributed by atoms with E-state index in [1.54, 1.807) is 4.80 Å². The lowest BCUT2D eigenvalue weighted by molar-refractivity contribution is 0.450. The molecule has 3 aromatic rings. The fraction of sp³-hybridized carbons (Fsp3) is 0.429. The Bertz CT molecular complexity index is 862. The van der Waals surface area contributed by atoms with Crippen molar-refractivity contribution in [1.29, 1.82) is 0 Å². The lowest BCUT2D eigenvalue weighted by atomic mass is 9.80. The Morgan fingerprint density at radius 2 is 1.68 bits per heavy atom. The number of aromatic nitrogens is 3. The van der Waals surface area contributed by atoms with Crippen molar-refractivity contribution in [3.63, 3.8) is 0 Å². The molecular formula is C21H27N3O. The van der Waals surface area contributed by atoms with Gasteiger partial charge in [-0.2, -0.15) is 0 Å². The Morgan fingerprint density at radius 3 is 2.20 bits per heavy atom. The molecule has 0 aliphatic rings. The van der Waals surface area contributed by atoms with E-state index in [1.807, 2.05) is 30.3 Å². The Balaban J connectivity index is 2.25. The second kappa shape index (κ2) is 6.51. The first-order valence-corrected chi connectivity index (χ1v) is 9.07. The maximum Gasteiger partial charge on any atom is 0.146 e. The van der Waals surface area contributed by atoms with Gasteiger partial charge in [0.15, 0.2) is 0 Å². The lowest BCUT2D eigenvalue weighted by Crippen LogP contribution is -2.17. The second-order valence-corrected chi connectivity index (χ2v) is 7.46.